The fourth-order valence-electron chi connectivity index (χ4n) is 1.84. The van der Waals surface area contributed by atoms with Crippen LogP contribution in [0.2, 0.25) is 10.4 Å². The zero-order valence-corrected chi connectivity index (χ0v) is 11.8. The van der Waals surface area contributed by atoms with Crippen LogP contribution in [0.15, 0.2) is 36.7 Å². The van der Waals surface area contributed by atoms with Gasteiger partial charge in [0.05, 0.1) is 12.9 Å². The van der Waals surface area contributed by atoms with Crippen LogP contribution in [0.4, 0.5) is 0 Å². The van der Waals surface area contributed by atoms with E-state index in [9.17, 15) is 0 Å². The van der Waals surface area contributed by atoms with Gasteiger partial charge in [0.2, 0.25) is 5.28 Å². The Balaban J connectivity index is 1.75. The minimum atomic E-state index is 0.0814. The molecule has 3 aromatic rings. The summed E-state index contributed by atoms with van der Waals surface area (Å²) >= 11 is 11.8. The summed E-state index contributed by atoms with van der Waals surface area (Å²) in [6, 6.07) is 9.91. The molecule has 0 saturated heterocycles. The Labute approximate surface area is 125 Å². The lowest BCUT2D eigenvalue weighted by molar-refractivity contribution is 0.0664. The highest BCUT2D eigenvalue weighted by atomic mass is 35.5. The first kappa shape index (κ1) is 13.3. The third-order valence-corrected chi connectivity index (χ3v) is 3.18. The molecule has 102 valence electrons. The highest BCUT2D eigenvalue weighted by Gasteiger charge is 2.11. The van der Waals surface area contributed by atoms with Crippen molar-refractivity contribution >= 4 is 34.4 Å². The van der Waals surface area contributed by atoms with Gasteiger partial charge in [0.25, 0.3) is 0 Å². The Bertz CT molecular complexity index is 730. The minimum Gasteiger partial charge on any atom is -0.356 e. The Morgan fingerprint density at radius 1 is 1.10 bits per heavy atom. The molecule has 2 heterocycles. The molecule has 3 rings (SSSR count). The molecule has 0 atom stereocenters. The first-order valence-corrected chi connectivity index (χ1v) is 6.65. The van der Waals surface area contributed by atoms with E-state index in [0.29, 0.717) is 24.5 Å². The van der Waals surface area contributed by atoms with Gasteiger partial charge in [-0.2, -0.15) is 4.98 Å². The molecule has 0 aliphatic carbocycles. The highest BCUT2D eigenvalue weighted by molar-refractivity contribution is 6.35. The third-order valence-electron chi connectivity index (χ3n) is 2.74. The quantitative estimate of drug-likeness (QED) is 0.548. The second kappa shape index (κ2) is 5.75. The van der Waals surface area contributed by atoms with Crippen LogP contribution < -0.4 is 0 Å². The predicted molar refractivity (Wildman–Crippen MR) is 76.6 cm³/mol. The molecule has 0 aliphatic rings. The summed E-state index contributed by atoms with van der Waals surface area (Å²) in [7, 11) is 0. The summed E-state index contributed by atoms with van der Waals surface area (Å²) in [5.41, 5.74) is 2.17. The Morgan fingerprint density at radius 2 is 1.90 bits per heavy atom. The maximum atomic E-state index is 6.05. The fourth-order valence-corrected chi connectivity index (χ4v) is 2.33. The van der Waals surface area contributed by atoms with Crippen LogP contribution >= 0.6 is 23.2 Å². The molecular formula is C13H10Cl2N4O. The third kappa shape index (κ3) is 2.75. The number of hydrogen-bond acceptors (Lipinski definition) is 4. The van der Waals surface area contributed by atoms with E-state index >= 15 is 0 Å². The highest BCUT2D eigenvalue weighted by Crippen LogP contribution is 2.21. The Morgan fingerprint density at radius 3 is 2.70 bits per heavy atom. The summed E-state index contributed by atoms with van der Waals surface area (Å²) < 4.78 is 7.38. The molecular weight excluding hydrogens is 299 g/mol. The van der Waals surface area contributed by atoms with Crippen LogP contribution in [0, 0.1) is 0 Å². The van der Waals surface area contributed by atoms with E-state index in [1.54, 1.807) is 10.9 Å². The number of benzene rings is 1. The van der Waals surface area contributed by atoms with Crippen molar-refractivity contribution in [3.63, 3.8) is 0 Å². The summed E-state index contributed by atoms with van der Waals surface area (Å²) in [6.45, 7) is 0.822. The van der Waals surface area contributed by atoms with Crippen molar-refractivity contribution in [3.05, 3.63) is 52.7 Å². The maximum Gasteiger partial charge on any atom is 0.225 e. The molecule has 20 heavy (non-hydrogen) atoms. The number of hydrogen-bond donors (Lipinski definition) is 0. The normalized spacial score (nSPS) is 11.1. The summed E-state index contributed by atoms with van der Waals surface area (Å²) in [6.07, 6.45) is 1.60. The van der Waals surface area contributed by atoms with Gasteiger partial charge >= 0.3 is 0 Å². The van der Waals surface area contributed by atoms with E-state index in [2.05, 4.69) is 15.0 Å². The smallest absolute Gasteiger partial charge is 0.225 e. The minimum absolute atomic E-state index is 0.0814. The number of nitrogens with zero attached hydrogens (tertiary/aromatic N) is 4. The average Bonchev–Trinajstić information content (AvgIpc) is 2.83. The van der Waals surface area contributed by atoms with Gasteiger partial charge in [-0.25, -0.2) is 9.97 Å². The van der Waals surface area contributed by atoms with E-state index in [4.69, 9.17) is 27.9 Å². The van der Waals surface area contributed by atoms with Gasteiger partial charge in [-0.05, 0) is 17.2 Å². The monoisotopic (exact) mass is 308 g/mol. The first-order chi connectivity index (χ1) is 9.74. The number of imidazole rings is 1. The summed E-state index contributed by atoms with van der Waals surface area (Å²) in [5, 5.41) is 0.346. The molecule has 1 aromatic carbocycles. The number of rotatable bonds is 4. The van der Waals surface area contributed by atoms with Gasteiger partial charge in [-0.1, -0.05) is 41.9 Å². The van der Waals surface area contributed by atoms with Crippen LogP contribution in [-0.2, 0) is 18.1 Å². The standard InChI is InChI=1S/C13H10Cl2N4O/c14-11-10-12(18-13(15)17-11)16-7-19(10)8-20-6-9-4-2-1-3-5-9/h1-5,7H,6,8H2. The predicted octanol–water partition coefficient (Wildman–Crippen LogP) is 3.31. The fraction of sp³-hybridized carbons (Fsp3) is 0.154. The van der Waals surface area contributed by atoms with Crippen LogP contribution in [-0.4, -0.2) is 19.5 Å². The lowest BCUT2D eigenvalue weighted by atomic mass is 10.2. The topological polar surface area (TPSA) is 52.8 Å². The van der Waals surface area contributed by atoms with Crippen LogP contribution in [0.3, 0.4) is 0 Å². The molecule has 0 unspecified atom stereocenters. The van der Waals surface area contributed by atoms with Gasteiger partial charge in [-0.15, -0.1) is 0 Å². The SMILES string of the molecule is Clc1nc(Cl)c2c(ncn2COCc2ccccc2)n1. The number of aromatic nitrogens is 4. The van der Waals surface area contributed by atoms with Crippen LogP contribution in [0.25, 0.3) is 11.2 Å². The molecule has 5 nitrogen and oxygen atoms in total. The zero-order chi connectivity index (χ0) is 13.9. The number of halogens is 2. The van der Waals surface area contributed by atoms with Gasteiger partial charge in [0.1, 0.15) is 12.2 Å². The van der Waals surface area contributed by atoms with Crippen LogP contribution in [0.1, 0.15) is 5.56 Å². The first-order valence-electron chi connectivity index (χ1n) is 5.89. The zero-order valence-electron chi connectivity index (χ0n) is 10.3. The largest absolute Gasteiger partial charge is 0.356 e. The molecule has 0 aliphatic heterocycles. The van der Waals surface area contributed by atoms with Crippen LogP contribution in [0.5, 0.6) is 0 Å². The molecule has 0 spiro atoms. The van der Waals surface area contributed by atoms with E-state index in [0.717, 1.165) is 5.56 Å². The number of fused-ring (bicyclic) bond motifs is 1. The average molecular weight is 309 g/mol. The molecule has 0 N–H and O–H groups in total. The lowest BCUT2D eigenvalue weighted by Crippen LogP contribution is -2.02. The van der Waals surface area contributed by atoms with Crippen molar-refractivity contribution in [2.75, 3.05) is 0 Å². The van der Waals surface area contributed by atoms with E-state index in [1.807, 2.05) is 30.3 Å². The van der Waals surface area contributed by atoms with Crippen molar-refractivity contribution < 1.29 is 4.74 Å². The molecule has 7 heteroatoms. The van der Waals surface area contributed by atoms with Gasteiger partial charge < -0.3 is 9.30 Å². The maximum absolute atomic E-state index is 6.05. The van der Waals surface area contributed by atoms with Crippen molar-refractivity contribution in [3.8, 4) is 0 Å². The second-order valence-electron chi connectivity index (χ2n) is 4.13. The Kier molecular flexibility index (Phi) is 3.82. The molecule has 0 bridgehead atoms. The van der Waals surface area contributed by atoms with Gasteiger partial charge in [0, 0.05) is 0 Å². The molecule has 2 aromatic heterocycles. The Hall–Kier alpha value is -1.69. The van der Waals surface area contributed by atoms with Crippen molar-refractivity contribution in [1.82, 2.24) is 19.5 Å². The molecule has 0 fully saturated rings. The van der Waals surface area contributed by atoms with Gasteiger partial charge in [-0.3, -0.25) is 0 Å². The second-order valence-corrected chi connectivity index (χ2v) is 4.83. The van der Waals surface area contributed by atoms with Crippen molar-refractivity contribution in [2.24, 2.45) is 0 Å². The molecule has 0 saturated carbocycles. The molecule has 0 amide bonds. The number of ether oxygens (including phenoxy) is 1. The molecule has 0 radical (unpaired) electrons. The van der Waals surface area contributed by atoms with Crippen molar-refractivity contribution in [1.29, 1.82) is 0 Å². The lowest BCUT2D eigenvalue weighted by Gasteiger charge is -2.06. The summed E-state index contributed by atoms with van der Waals surface area (Å²) in [4.78, 5) is 12.0. The van der Waals surface area contributed by atoms with E-state index in [-0.39, 0.29) is 10.4 Å². The van der Waals surface area contributed by atoms with E-state index < -0.39 is 0 Å². The van der Waals surface area contributed by atoms with E-state index in [1.165, 1.54) is 0 Å². The van der Waals surface area contributed by atoms with Gasteiger partial charge in [0.15, 0.2) is 10.8 Å². The summed E-state index contributed by atoms with van der Waals surface area (Å²) in [5.74, 6) is 0. The van der Waals surface area contributed by atoms with Crippen molar-refractivity contribution in [2.45, 2.75) is 13.3 Å².